The fourth-order valence-electron chi connectivity index (χ4n) is 2.59. The van der Waals surface area contributed by atoms with Gasteiger partial charge in [0.25, 0.3) is 5.91 Å². The molecule has 2 aromatic carbocycles. The van der Waals surface area contributed by atoms with Crippen LogP contribution in [0.3, 0.4) is 0 Å². The molecule has 1 amide bonds. The van der Waals surface area contributed by atoms with Crippen molar-refractivity contribution in [3.8, 4) is 17.1 Å². The Balaban J connectivity index is 1.64. The monoisotopic (exact) mass is 378 g/mol. The zero-order valence-electron chi connectivity index (χ0n) is 14.1. The highest BCUT2D eigenvalue weighted by molar-refractivity contribution is 6.30. The lowest BCUT2D eigenvalue weighted by Crippen LogP contribution is -2.29. The molecule has 0 unspecified atom stereocenters. The second kappa shape index (κ2) is 7.39. The summed E-state index contributed by atoms with van der Waals surface area (Å²) in [7, 11) is 0. The van der Waals surface area contributed by atoms with Crippen molar-refractivity contribution in [2.24, 2.45) is 0 Å². The molecule has 4 rings (SSSR count). The van der Waals surface area contributed by atoms with Crippen molar-refractivity contribution < 1.29 is 9.21 Å². The number of nitrogens with zero attached hydrogens (tertiary/aromatic N) is 2. The van der Waals surface area contributed by atoms with Crippen molar-refractivity contribution in [1.29, 1.82) is 0 Å². The van der Waals surface area contributed by atoms with E-state index in [9.17, 15) is 4.79 Å². The van der Waals surface area contributed by atoms with Crippen molar-refractivity contribution in [1.82, 2.24) is 15.2 Å². The zero-order chi connectivity index (χ0) is 18.6. The summed E-state index contributed by atoms with van der Waals surface area (Å²) in [6, 6.07) is 21.8. The number of hydrazine groups is 1. The number of nitrogens with one attached hydrogen (secondary N) is 2. The molecular formula is C20H15ClN4O2. The van der Waals surface area contributed by atoms with Crippen LogP contribution in [0, 0.1) is 0 Å². The standard InChI is InChI=1S/C20H15ClN4O2/c21-14-8-10-16(11-9-14)25-18(19-7-4-12-27-19)13-17(24-25)20(26)23-22-15-5-2-1-3-6-15/h1-13,22H,(H,23,26). The molecule has 0 radical (unpaired) electrons. The first-order valence-corrected chi connectivity index (χ1v) is 8.60. The van der Waals surface area contributed by atoms with Gasteiger partial charge in [-0.1, -0.05) is 29.8 Å². The zero-order valence-corrected chi connectivity index (χ0v) is 14.9. The molecule has 0 saturated carbocycles. The normalized spacial score (nSPS) is 10.6. The summed E-state index contributed by atoms with van der Waals surface area (Å²) in [4.78, 5) is 12.5. The van der Waals surface area contributed by atoms with Crippen LogP contribution in [-0.2, 0) is 0 Å². The van der Waals surface area contributed by atoms with E-state index < -0.39 is 0 Å². The van der Waals surface area contributed by atoms with Crippen LogP contribution in [0.4, 0.5) is 5.69 Å². The third-order valence-corrected chi connectivity index (χ3v) is 4.13. The first-order valence-electron chi connectivity index (χ1n) is 8.22. The molecule has 4 aromatic rings. The summed E-state index contributed by atoms with van der Waals surface area (Å²) in [5.41, 5.74) is 7.96. The number of anilines is 1. The van der Waals surface area contributed by atoms with E-state index in [2.05, 4.69) is 16.0 Å². The van der Waals surface area contributed by atoms with Gasteiger partial charge in [-0.3, -0.25) is 15.6 Å². The second-order valence-corrected chi connectivity index (χ2v) is 6.16. The van der Waals surface area contributed by atoms with E-state index in [-0.39, 0.29) is 11.6 Å². The van der Waals surface area contributed by atoms with Crippen molar-refractivity contribution in [2.45, 2.75) is 0 Å². The van der Waals surface area contributed by atoms with Crippen LogP contribution in [0.15, 0.2) is 83.5 Å². The molecule has 7 heteroatoms. The third kappa shape index (κ3) is 3.70. The third-order valence-electron chi connectivity index (χ3n) is 3.88. The lowest BCUT2D eigenvalue weighted by Gasteiger charge is -2.07. The molecule has 0 fully saturated rings. The highest BCUT2D eigenvalue weighted by Crippen LogP contribution is 2.25. The van der Waals surface area contributed by atoms with Crippen molar-refractivity contribution in [3.63, 3.8) is 0 Å². The number of para-hydroxylation sites is 1. The second-order valence-electron chi connectivity index (χ2n) is 5.73. The molecule has 27 heavy (non-hydrogen) atoms. The summed E-state index contributed by atoms with van der Waals surface area (Å²) in [5, 5.41) is 5.06. The number of furan rings is 1. The van der Waals surface area contributed by atoms with Gasteiger partial charge in [0, 0.05) is 11.1 Å². The average Bonchev–Trinajstić information content (AvgIpc) is 3.37. The Morgan fingerprint density at radius 2 is 1.78 bits per heavy atom. The van der Waals surface area contributed by atoms with Gasteiger partial charge in [-0.25, -0.2) is 4.68 Å². The van der Waals surface area contributed by atoms with Gasteiger partial charge < -0.3 is 4.42 Å². The predicted octanol–water partition coefficient (Wildman–Crippen LogP) is 4.54. The summed E-state index contributed by atoms with van der Waals surface area (Å²) < 4.78 is 7.14. The van der Waals surface area contributed by atoms with Crippen LogP contribution >= 0.6 is 11.6 Å². The van der Waals surface area contributed by atoms with E-state index in [4.69, 9.17) is 16.0 Å². The summed E-state index contributed by atoms with van der Waals surface area (Å²) in [6.07, 6.45) is 1.57. The maximum atomic E-state index is 12.5. The Kier molecular flexibility index (Phi) is 4.63. The first-order chi connectivity index (χ1) is 13.2. The molecule has 0 saturated heterocycles. The number of rotatable bonds is 5. The van der Waals surface area contributed by atoms with Gasteiger partial charge in [0.1, 0.15) is 5.69 Å². The van der Waals surface area contributed by atoms with Crippen LogP contribution in [-0.4, -0.2) is 15.7 Å². The minimum Gasteiger partial charge on any atom is -0.463 e. The number of carbonyl (C=O) groups excluding carboxylic acids is 1. The fourth-order valence-corrected chi connectivity index (χ4v) is 2.71. The number of amides is 1. The summed E-state index contributed by atoms with van der Waals surface area (Å²) in [5.74, 6) is 0.242. The maximum absolute atomic E-state index is 12.5. The topological polar surface area (TPSA) is 72.1 Å². The molecule has 134 valence electrons. The van der Waals surface area contributed by atoms with Crippen LogP contribution in [0.25, 0.3) is 17.1 Å². The molecule has 2 N–H and O–H groups in total. The molecule has 0 spiro atoms. The summed E-state index contributed by atoms with van der Waals surface area (Å²) in [6.45, 7) is 0. The first kappa shape index (κ1) is 16.9. The molecule has 0 aliphatic heterocycles. The van der Waals surface area contributed by atoms with Crippen molar-refractivity contribution in [3.05, 3.63) is 89.8 Å². The van der Waals surface area contributed by atoms with Crippen LogP contribution < -0.4 is 10.9 Å². The van der Waals surface area contributed by atoms with Crippen LogP contribution in [0.5, 0.6) is 0 Å². The number of hydrogen-bond acceptors (Lipinski definition) is 4. The Hall–Kier alpha value is -3.51. The highest BCUT2D eigenvalue weighted by Gasteiger charge is 2.18. The molecule has 2 aromatic heterocycles. The largest absolute Gasteiger partial charge is 0.463 e. The molecule has 0 aliphatic carbocycles. The van der Waals surface area contributed by atoms with Gasteiger partial charge >= 0.3 is 0 Å². The maximum Gasteiger partial charge on any atom is 0.290 e. The summed E-state index contributed by atoms with van der Waals surface area (Å²) >= 11 is 5.97. The molecular weight excluding hydrogens is 364 g/mol. The number of benzene rings is 2. The quantitative estimate of drug-likeness (QED) is 0.500. The lowest BCUT2D eigenvalue weighted by atomic mass is 10.2. The van der Waals surface area contributed by atoms with Gasteiger partial charge in [-0.2, -0.15) is 5.10 Å². The number of halogens is 1. The van der Waals surface area contributed by atoms with Crippen molar-refractivity contribution in [2.75, 3.05) is 5.43 Å². The highest BCUT2D eigenvalue weighted by atomic mass is 35.5. The molecule has 0 bridgehead atoms. The number of carbonyl (C=O) groups is 1. The van der Waals surface area contributed by atoms with Gasteiger partial charge in [0.15, 0.2) is 11.5 Å². The van der Waals surface area contributed by atoms with E-state index in [1.165, 1.54) is 0 Å². The van der Waals surface area contributed by atoms with Gasteiger partial charge in [0.05, 0.1) is 17.6 Å². The Morgan fingerprint density at radius 1 is 1.00 bits per heavy atom. The minimum absolute atomic E-state index is 0.250. The smallest absolute Gasteiger partial charge is 0.290 e. The molecule has 0 atom stereocenters. The van der Waals surface area contributed by atoms with Gasteiger partial charge in [0.2, 0.25) is 0 Å². The van der Waals surface area contributed by atoms with Crippen LogP contribution in [0.2, 0.25) is 5.02 Å². The Bertz CT molecular complexity index is 1040. The lowest BCUT2D eigenvalue weighted by molar-refractivity contribution is 0.0957. The molecule has 6 nitrogen and oxygen atoms in total. The molecule has 0 aliphatic rings. The van der Waals surface area contributed by atoms with Crippen LogP contribution in [0.1, 0.15) is 10.5 Å². The number of hydrogen-bond donors (Lipinski definition) is 2. The number of aromatic nitrogens is 2. The van der Waals surface area contributed by atoms with Gasteiger partial charge in [-0.15, -0.1) is 0 Å². The van der Waals surface area contributed by atoms with E-state index in [0.29, 0.717) is 16.5 Å². The minimum atomic E-state index is -0.362. The average molecular weight is 379 g/mol. The van der Waals surface area contributed by atoms with Crippen molar-refractivity contribution >= 4 is 23.2 Å². The van der Waals surface area contributed by atoms with E-state index >= 15 is 0 Å². The van der Waals surface area contributed by atoms with Gasteiger partial charge in [-0.05, 0) is 48.5 Å². The predicted molar refractivity (Wildman–Crippen MR) is 104 cm³/mol. The Labute approximate surface area is 160 Å². The van der Waals surface area contributed by atoms with E-state index in [1.54, 1.807) is 35.2 Å². The SMILES string of the molecule is O=C(NNc1ccccc1)c1cc(-c2ccco2)n(-c2ccc(Cl)cc2)n1. The fraction of sp³-hybridized carbons (Fsp3) is 0. The molecule has 2 heterocycles. The van der Waals surface area contributed by atoms with E-state index in [1.807, 2.05) is 48.5 Å². The Morgan fingerprint density at radius 3 is 2.48 bits per heavy atom. The van der Waals surface area contributed by atoms with E-state index in [0.717, 1.165) is 11.4 Å².